The summed E-state index contributed by atoms with van der Waals surface area (Å²) in [5.41, 5.74) is 0. The Kier molecular flexibility index (Phi) is 9.94. The van der Waals surface area contributed by atoms with Crippen LogP contribution in [0.15, 0.2) is 0 Å². The number of likely N-dealkylation sites (N-methyl/N-ethyl adjacent to an activating group) is 1. The van der Waals surface area contributed by atoms with Gasteiger partial charge < -0.3 is 10.1 Å². The topological polar surface area (TPSA) is 21.3 Å². The lowest BCUT2D eigenvalue weighted by atomic mass is 10.1. The highest BCUT2D eigenvalue weighted by Gasteiger charge is 2.05. The van der Waals surface area contributed by atoms with Crippen molar-refractivity contribution in [3.63, 3.8) is 0 Å². The Bertz CT molecular complexity index is 96.1. The van der Waals surface area contributed by atoms with E-state index in [0.717, 1.165) is 19.8 Å². The van der Waals surface area contributed by atoms with Gasteiger partial charge in [0.05, 0.1) is 6.61 Å². The van der Waals surface area contributed by atoms with Gasteiger partial charge in [-0.2, -0.15) is 0 Å². The van der Waals surface area contributed by atoms with Crippen molar-refractivity contribution in [1.82, 2.24) is 5.32 Å². The summed E-state index contributed by atoms with van der Waals surface area (Å²) in [7, 11) is 0. The van der Waals surface area contributed by atoms with Crippen LogP contribution < -0.4 is 5.32 Å². The fourth-order valence-electron chi connectivity index (χ4n) is 1.43. The van der Waals surface area contributed by atoms with Gasteiger partial charge in [0.1, 0.15) is 0 Å². The summed E-state index contributed by atoms with van der Waals surface area (Å²) >= 11 is 0. The molecule has 80 valence electrons. The van der Waals surface area contributed by atoms with E-state index < -0.39 is 0 Å². The first-order chi connectivity index (χ1) is 6.35. The molecule has 0 aromatic rings. The number of hydrogen-bond donors (Lipinski definition) is 1. The van der Waals surface area contributed by atoms with E-state index in [0.29, 0.717) is 6.04 Å². The van der Waals surface area contributed by atoms with E-state index in [9.17, 15) is 0 Å². The Balaban J connectivity index is 3.41. The molecule has 0 aliphatic rings. The average Bonchev–Trinajstić information content (AvgIpc) is 2.14. The van der Waals surface area contributed by atoms with Crippen LogP contribution >= 0.6 is 0 Å². The van der Waals surface area contributed by atoms with Crippen molar-refractivity contribution in [2.45, 2.75) is 52.5 Å². The Morgan fingerprint density at radius 1 is 1.15 bits per heavy atom. The second-order valence-electron chi connectivity index (χ2n) is 3.41. The lowest BCUT2D eigenvalue weighted by Gasteiger charge is -2.17. The molecular formula is C11H25NO. The van der Waals surface area contributed by atoms with E-state index in [4.69, 9.17) is 4.74 Å². The average molecular weight is 187 g/mol. The van der Waals surface area contributed by atoms with Crippen molar-refractivity contribution < 1.29 is 4.74 Å². The molecule has 13 heavy (non-hydrogen) atoms. The van der Waals surface area contributed by atoms with E-state index in [2.05, 4.69) is 26.1 Å². The molecule has 1 unspecified atom stereocenters. The van der Waals surface area contributed by atoms with Crippen molar-refractivity contribution in [3.8, 4) is 0 Å². The molecule has 0 aliphatic carbocycles. The molecule has 0 spiro atoms. The summed E-state index contributed by atoms with van der Waals surface area (Å²) in [6.07, 6.45) is 5.21. The van der Waals surface area contributed by atoms with Crippen LogP contribution in [0.1, 0.15) is 46.5 Å². The first-order valence-corrected chi connectivity index (χ1v) is 5.66. The molecule has 2 heteroatoms. The summed E-state index contributed by atoms with van der Waals surface area (Å²) in [5.74, 6) is 0. The van der Waals surface area contributed by atoms with Gasteiger partial charge in [0.15, 0.2) is 0 Å². The predicted molar refractivity (Wildman–Crippen MR) is 58.1 cm³/mol. The van der Waals surface area contributed by atoms with Crippen LogP contribution in [-0.4, -0.2) is 25.8 Å². The van der Waals surface area contributed by atoms with Gasteiger partial charge in [-0.25, -0.2) is 0 Å². The van der Waals surface area contributed by atoms with Crippen LogP contribution in [0.3, 0.4) is 0 Å². The smallest absolute Gasteiger partial charge is 0.0619 e. The van der Waals surface area contributed by atoms with E-state index in [-0.39, 0.29) is 0 Å². The summed E-state index contributed by atoms with van der Waals surface area (Å²) in [6, 6.07) is 0.566. The maximum absolute atomic E-state index is 5.42. The fourth-order valence-corrected chi connectivity index (χ4v) is 1.43. The normalized spacial score (nSPS) is 13.2. The molecule has 0 amide bonds. The van der Waals surface area contributed by atoms with Gasteiger partial charge in [-0.3, -0.25) is 0 Å². The lowest BCUT2D eigenvalue weighted by Crippen LogP contribution is -2.33. The molecule has 0 saturated carbocycles. The van der Waals surface area contributed by atoms with Crippen molar-refractivity contribution in [3.05, 3.63) is 0 Å². The molecule has 0 heterocycles. The first-order valence-electron chi connectivity index (χ1n) is 5.66. The summed E-state index contributed by atoms with van der Waals surface area (Å²) in [5, 5.41) is 3.45. The van der Waals surface area contributed by atoms with Crippen molar-refractivity contribution in [2.75, 3.05) is 19.8 Å². The first kappa shape index (κ1) is 12.9. The SMILES string of the molecule is CCCCCC(COCC)NCC. The minimum atomic E-state index is 0.566. The molecule has 0 bridgehead atoms. The van der Waals surface area contributed by atoms with Crippen LogP contribution in [0.25, 0.3) is 0 Å². The molecule has 0 aromatic carbocycles. The molecule has 0 aromatic heterocycles. The largest absolute Gasteiger partial charge is 0.380 e. The van der Waals surface area contributed by atoms with Crippen LogP contribution in [0, 0.1) is 0 Å². The number of unbranched alkanes of at least 4 members (excludes halogenated alkanes) is 2. The third-order valence-electron chi connectivity index (χ3n) is 2.17. The molecular weight excluding hydrogens is 162 g/mol. The second kappa shape index (κ2) is 10.0. The monoisotopic (exact) mass is 187 g/mol. The van der Waals surface area contributed by atoms with E-state index >= 15 is 0 Å². The minimum Gasteiger partial charge on any atom is -0.380 e. The number of rotatable bonds is 9. The second-order valence-corrected chi connectivity index (χ2v) is 3.41. The quantitative estimate of drug-likeness (QED) is 0.560. The lowest BCUT2D eigenvalue weighted by molar-refractivity contribution is 0.119. The van der Waals surface area contributed by atoms with E-state index in [1.165, 1.54) is 25.7 Å². The highest BCUT2D eigenvalue weighted by molar-refractivity contribution is 4.64. The predicted octanol–water partition coefficient (Wildman–Crippen LogP) is 2.58. The highest BCUT2D eigenvalue weighted by Crippen LogP contribution is 2.03. The zero-order valence-corrected chi connectivity index (χ0v) is 9.44. The minimum absolute atomic E-state index is 0.566. The highest BCUT2D eigenvalue weighted by atomic mass is 16.5. The molecule has 0 radical (unpaired) electrons. The maximum Gasteiger partial charge on any atom is 0.0619 e. The van der Waals surface area contributed by atoms with Crippen LogP contribution in [0.5, 0.6) is 0 Å². The molecule has 1 N–H and O–H groups in total. The van der Waals surface area contributed by atoms with Gasteiger partial charge >= 0.3 is 0 Å². The molecule has 2 nitrogen and oxygen atoms in total. The van der Waals surface area contributed by atoms with Gasteiger partial charge in [0.2, 0.25) is 0 Å². The zero-order valence-electron chi connectivity index (χ0n) is 9.44. The Morgan fingerprint density at radius 3 is 2.46 bits per heavy atom. The Morgan fingerprint density at radius 2 is 1.92 bits per heavy atom. The van der Waals surface area contributed by atoms with E-state index in [1.54, 1.807) is 0 Å². The van der Waals surface area contributed by atoms with E-state index in [1.807, 2.05) is 0 Å². The summed E-state index contributed by atoms with van der Waals surface area (Å²) in [6.45, 7) is 9.19. The molecule has 0 aliphatic heterocycles. The zero-order chi connectivity index (χ0) is 9.94. The fraction of sp³-hybridized carbons (Fsp3) is 1.00. The van der Waals surface area contributed by atoms with Gasteiger partial charge in [-0.05, 0) is 19.9 Å². The van der Waals surface area contributed by atoms with Crippen LogP contribution in [0.2, 0.25) is 0 Å². The van der Waals surface area contributed by atoms with Crippen molar-refractivity contribution >= 4 is 0 Å². The third kappa shape index (κ3) is 8.26. The number of ether oxygens (including phenoxy) is 1. The Hall–Kier alpha value is -0.0800. The summed E-state index contributed by atoms with van der Waals surface area (Å²) < 4.78 is 5.42. The van der Waals surface area contributed by atoms with Crippen molar-refractivity contribution in [2.24, 2.45) is 0 Å². The summed E-state index contributed by atoms with van der Waals surface area (Å²) in [4.78, 5) is 0. The standard InChI is InChI=1S/C11H25NO/c1-4-7-8-9-11(12-5-2)10-13-6-3/h11-12H,4-10H2,1-3H3. The van der Waals surface area contributed by atoms with Crippen molar-refractivity contribution in [1.29, 1.82) is 0 Å². The third-order valence-corrected chi connectivity index (χ3v) is 2.17. The maximum atomic E-state index is 5.42. The van der Waals surface area contributed by atoms with Gasteiger partial charge in [-0.15, -0.1) is 0 Å². The molecule has 0 fully saturated rings. The molecule has 0 rings (SSSR count). The molecule has 1 atom stereocenters. The van der Waals surface area contributed by atoms with Gasteiger partial charge in [0.25, 0.3) is 0 Å². The van der Waals surface area contributed by atoms with Gasteiger partial charge in [0, 0.05) is 12.6 Å². The van der Waals surface area contributed by atoms with Crippen LogP contribution in [-0.2, 0) is 4.74 Å². The Labute approximate surface area is 83.1 Å². The molecule has 0 saturated heterocycles. The number of hydrogen-bond acceptors (Lipinski definition) is 2. The van der Waals surface area contributed by atoms with Gasteiger partial charge in [-0.1, -0.05) is 33.1 Å². The van der Waals surface area contributed by atoms with Crippen LogP contribution in [0.4, 0.5) is 0 Å². The number of nitrogens with one attached hydrogen (secondary N) is 1.